The van der Waals surface area contributed by atoms with Crippen molar-refractivity contribution in [2.24, 2.45) is 4.99 Å². The highest BCUT2D eigenvalue weighted by molar-refractivity contribution is 7.10. The Kier molecular flexibility index (Phi) is 4.67. The molecule has 25 heavy (non-hydrogen) atoms. The number of allylic oxidation sites excluding steroid dienone is 2. The van der Waals surface area contributed by atoms with Crippen molar-refractivity contribution in [1.29, 1.82) is 0 Å². The molecule has 132 valence electrons. The Morgan fingerprint density at radius 2 is 2.16 bits per heavy atom. The van der Waals surface area contributed by atoms with Gasteiger partial charge in [0.05, 0.1) is 28.2 Å². The average molecular weight is 358 g/mol. The fourth-order valence-corrected chi connectivity index (χ4v) is 4.35. The van der Waals surface area contributed by atoms with Crippen LogP contribution in [0.4, 0.5) is 0 Å². The lowest BCUT2D eigenvalue weighted by atomic mass is 10.0. The van der Waals surface area contributed by atoms with E-state index in [1.165, 1.54) is 4.88 Å². The van der Waals surface area contributed by atoms with Gasteiger partial charge in [-0.05, 0) is 43.4 Å². The Balaban J connectivity index is 1.49. The quantitative estimate of drug-likeness (QED) is 0.558. The summed E-state index contributed by atoms with van der Waals surface area (Å²) in [4.78, 5) is 22.1. The molecule has 1 fully saturated rings. The van der Waals surface area contributed by atoms with Crippen LogP contribution in [0.3, 0.4) is 0 Å². The lowest BCUT2D eigenvalue weighted by Crippen LogP contribution is -2.47. The van der Waals surface area contributed by atoms with Gasteiger partial charge in [-0.1, -0.05) is 19.3 Å². The summed E-state index contributed by atoms with van der Waals surface area (Å²) < 4.78 is 0. The molecule has 6 nitrogen and oxygen atoms in total. The summed E-state index contributed by atoms with van der Waals surface area (Å²) in [5.74, 6) is 0.263. The molecule has 1 aromatic heterocycles. The molecule has 1 aliphatic heterocycles. The molecule has 2 heterocycles. The van der Waals surface area contributed by atoms with E-state index in [2.05, 4.69) is 26.7 Å². The number of thiazole rings is 1. The van der Waals surface area contributed by atoms with Gasteiger partial charge < -0.3 is 10.4 Å². The Bertz CT molecular complexity index is 765. The zero-order valence-electron chi connectivity index (χ0n) is 14.0. The van der Waals surface area contributed by atoms with E-state index in [0.29, 0.717) is 11.7 Å². The second-order valence-electron chi connectivity index (χ2n) is 6.78. The van der Waals surface area contributed by atoms with Crippen molar-refractivity contribution in [2.45, 2.75) is 57.1 Å². The Labute approximate surface area is 150 Å². The van der Waals surface area contributed by atoms with Crippen LogP contribution in [-0.2, 0) is 11.2 Å². The average Bonchev–Trinajstić information content (AvgIpc) is 3.13. The van der Waals surface area contributed by atoms with Crippen LogP contribution in [0.2, 0.25) is 0 Å². The number of carbonyl (C=O) groups is 1. The zero-order chi connectivity index (χ0) is 17.2. The SMILES string of the molecule is O=C1NC(N[C@H]2CCCCC[C@@H]2O)=N/C1=C\C1=Cc2scnc2CC1. The third-order valence-corrected chi connectivity index (χ3v) is 5.78. The smallest absolute Gasteiger partial charge is 0.276 e. The molecule has 1 amide bonds. The van der Waals surface area contributed by atoms with Crippen molar-refractivity contribution >= 4 is 29.3 Å². The van der Waals surface area contributed by atoms with Crippen molar-refractivity contribution in [1.82, 2.24) is 15.6 Å². The lowest BCUT2D eigenvalue weighted by Gasteiger charge is -2.22. The lowest BCUT2D eigenvalue weighted by molar-refractivity contribution is -0.115. The highest BCUT2D eigenvalue weighted by Crippen LogP contribution is 2.27. The molecule has 3 N–H and O–H groups in total. The summed E-state index contributed by atoms with van der Waals surface area (Å²) in [5, 5.41) is 16.2. The summed E-state index contributed by atoms with van der Waals surface area (Å²) in [7, 11) is 0. The molecular formula is C18H22N4O2S. The number of aromatic nitrogens is 1. The molecule has 0 radical (unpaired) electrons. The van der Waals surface area contributed by atoms with E-state index in [4.69, 9.17) is 0 Å². The maximum atomic E-state index is 12.2. The van der Waals surface area contributed by atoms with Crippen LogP contribution in [0.25, 0.3) is 6.08 Å². The van der Waals surface area contributed by atoms with Gasteiger partial charge in [-0.3, -0.25) is 10.1 Å². The molecule has 0 unspecified atom stereocenters. The van der Waals surface area contributed by atoms with Gasteiger partial charge >= 0.3 is 0 Å². The molecule has 0 spiro atoms. The monoisotopic (exact) mass is 358 g/mol. The number of rotatable bonds is 2. The first kappa shape index (κ1) is 16.5. The number of hydrogen-bond donors (Lipinski definition) is 3. The number of aliphatic hydroxyl groups is 1. The molecule has 1 saturated carbocycles. The second kappa shape index (κ2) is 7.09. The van der Waals surface area contributed by atoms with Crippen molar-refractivity contribution in [2.75, 3.05) is 0 Å². The van der Waals surface area contributed by atoms with Crippen molar-refractivity contribution in [3.63, 3.8) is 0 Å². The van der Waals surface area contributed by atoms with Crippen LogP contribution in [0.15, 0.2) is 27.8 Å². The highest BCUT2D eigenvalue weighted by Gasteiger charge is 2.27. The third kappa shape index (κ3) is 3.67. The number of nitrogens with one attached hydrogen (secondary N) is 2. The van der Waals surface area contributed by atoms with Crippen LogP contribution < -0.4 is 10.6 Å². The van der Waals surface area contributed by atoms with Crippen molar-refractivity contribution in [3.8, 4) is 0 Å². The molecule has 4 rings (SSSR count). The van der Waals surface area contributed by atoms with Crippen molar-refractivity contribution in [3.05, 3.63) is 33.4 Å². The van der Waals surface area contributed by atoms with Crippen LogP contribution in [0, 0.1) is 0 Å². The first-order valence-electron chi connectivity index (χ1n) is 8.88. The Hall–Kier alpha value is -1.99. The molecule has 2 aliphatic carbocycles. The molecule has 3 aliphatic rings. The summed E-state index contributed by atoms with van der Waals surface area (Å²) in [5.41, 5.74) is 4.51. The fourth-order valence-electron chi connectivity index (χ4n) is 3.55. The predicted octanol–water partition coefficient (Wildman–Crippen LogP) is 2.13. The van der Waals surface area contributed by atoms with Crippen LogP contribution in [0.5, 0.6) is 0 Å². The van der Waals surface area contributed by atoms with Gasteiger partial charge in [0.15, 0.2) is 0 Å². The van der Waals surface area contributed by atoms with Gasteiger partial charge in [0.1, 0.15) is 5.70 Å². The minimum Gasteiger partial charge on any atom is -0.391 e. The second-order valence-corrected chi connectivity index (χ2v) is 7.67. The first-order chi connectivity index (χ1) is 12.2. The first-order valence-corrected chi connectivity index (χ1v) is 9.76. The fraction of sp³-hybridized carbons (Fsp3) is 0.500. The third-order valence-electron chi connectivity index (χ3n) is 4.96. The van der Waals surface area contributed by atoms with E-state index in [-0.39, 0.29) is 18.1 Å². The topological polar surface area (TPSA) is 86.6 Å². The van der Waals surface area contributed by atoms with E-state index in [1.807, 2.05) is 11.6 Å². The van der Waals surface area contributed by atoms with E-state index >= 15 is 0 Å². The number of fused-ring (bicyclic) bond motifs is 1. The van der Waals surface area contributed by atoms with E-state index in [9.17, 15) is 9.90 Å². The number of aliphatic imine (C=N–C) groups is 1. The van der Waals surface area contributed by atoms with E-state index < -0.39 is 0 Å². The summed E-state index contributed by atoms with van der Waals surface area (Å²) >= 11 is 1.62. The zero-order valence-corrected chi connectivity index (χ0v) is 14.8. The van der Waals surface area contributed by atoms with Crippen LogP contribution in [0.1, 0.15) is 49.1 Å². The maximum Gasteiger partial charge on any atom is 0.276 e. The molecule has 2 atom stereocenters. The van der Waals surface area contributed by atoms with Gasteiger partial charge in [0.25, 0.3) is 5.91 Å². The number of hydrogen-bond acceptors (Lipinski definition) is 6. The van der Waals surface area contributed by atoms with Gasteiger partial charge in [-0.15, -0.1) is 11.3 Å². The van der Waals surface area contributed by atoms with Crippen LogP contribution >= 0.6 is 11.3 Å². The van der Waals surface area contributed by atoms with Gasteiger partial charge in [0.2, 0.25) is 5.96 Å². The van der Waals surface area contributed by atoms with Gasteiger partial charge in [-0.2, -0.15) is 0 Å². The van der Waals surface area contributed by atoms with E-state index in [0.717, 1.165) is 56.2 Å². The minimum atomic E-state index is -0.388. The summed E-state index contributed by atoms with van der Waals surface area (Å²) in [6.45, 7) is 0. The number of nitrogens with zero attached hydrogens (tertiary/aromatic N) is 2. The Morgan fingerprint density at radius 1 is 1.28 bits per heavy atom. The number of aliphatic hydroxyl groups excluding tert-OH is 1. The number of amides is 1. The Morgan fingerprint density at radius 3 is 3.08 bits per heavy atom. The number of guanidine groups is 1. The highest BCUT2D eigenvalue weighted by atomic mass is 32.1. The summed E-state index contributed by atoms with van der Waals surface area (Å²) in [6.07, 6.45) is 10.3. The van der Waals surface area contributed by atoms with Gasteiger partial charge in [0, 0.05) is 0 Å². The van der Waals surface area contributed by atoms with Gasteiger partial charge in [-0.25, -0.2) is 9.98 Å². The molecule has 0 bridgehead atoms. The summed E-state index contributed by atoms with van der Waals surface area (Å²) in [6, 6.07) is -0.0467. The predicted molar refractivity (Wildman–Crippen MR) is 98.1 cm³/mol. The molecule has 0 saturated heterocycles. The molecule has 7 heteroatoms. The van der Waals surface area contributed by atoms with E-state index in [1.54, 1.807) is 11.3 Å². The number of carbonyl (C=O) groups excluding carboxylic acids is 1. The number of aryl methyl sites for hydroxylation is 1. The van der Waals surface area contributed by atoms with Crippen molar-refractivity contribution < 1.29 is 9.90 Å². The maximum absolute atomic E-state index is 12.2. The normalized spacial score (nSPS) is 28.0. The minimum absolute atomic E-state index is 0.0467. The molecular weight excluding hydrogens is 336 g/mol. The molecule has 0 aromatic carbocycles. The largest absolute Gasteiger partial charge is 0.391 e. The standard InChI is InChI=1S/C18H22N4O2S/c23-15-5-3-1-2-4-12(15)20-18-21-14(17(24)22-18)8-11-6-7-13-16(9-11)25-10-19-13/h8-10,12,15,23H,1-7H2,(H2,20,21,22,24)/b14-8-/t12-,15-/m0/s1. The molecule has 1 aromatic rings. The van der Waals surface area contributed by atoms with Crippen LogP contribution in [-0.4, -0.2) is 34.1 Å².